The highest BCUT2D eigenvalue weighted by Crippen LogP contribution is 2.20. The molecule has 2 aromatic rings. The van der Waals surface area contributed by atoms with Gasteiger partial charge in [0, 0.05) is 0 Å². The lowest BCUT2D eigenvalue weighted by atomic mass is 9.96. The van der Waals surface area contributed by atoms with Crippen LogP contribution in [-0.2, 0) is 0 Å². The van der Waals surface area contributed by atoms with E-state index in [-0.39, 0.29) is 16.9 Å². The Morgan fingerprint density at radius 1 is 1.10 bits per heavy atom. The lowest BCUT2D eigenvalue weighted by Crippen LogP contribution is -2.19. The van der Waals surface area contributed by atoms with Crippen LogP contribution in [0.25, 0.3) is 0 Å². The topological polar surface area (TPSA) is 79.3 Å². The van der Waals surface area contributed by atoms with Crippen LogP contribution in [0.1, 0.15) is 31.8 Å². The van der Waals surface area contributed by atoms with Crippen molar-refractivity contribution in [2.24, 2.45) is 0 Å². The zero-order chi connectivity index (χ0) is 15.6. The molecule has 1 amide bonds. The van der Waals surface area contributed by atoms with E-state index in [4.69, 9.17) is 0 Å². The van der Waals surface area contributed by atoms with E-state index < -0.39 is 17.8 Å². The fourth-order valence-electron chi connectivity index (χ4n) is 2.04. The number of rotatable bonds is 3. The molecule has 0 aliphatic rings. The molecule has 1 heterocycles. The molecule has 6 heteroatoms. The summed E-state index contributed by atoms with van der Waals surface area (Å²) in [7, 11) is 0. The third-order valence-corrected chi connectivity index (χ3v) is 3.02. The number of carbonyl (C=O) groups is 2. The molecule has 0 spiro atoms. The van der Waals surface area contributed by atoms with Crippen molar-refractivity contribution < 1.29 is 19.1 Å². The van der Waals surface area contributed by atoms with Crippen molar-refractivity contribution in [2.45, 2.75) is 13.8 Å². The Morgan fingerprint density at radius 2 is 1.71 bits per heavy atom. The molecule has 5 nitrogen and oxygen atoms in total. The molecule has 0 aliphatic heterocycles. The van der Waals surface area contributed by atoms with E-state index in [0.717, 1.165) is 6.07 Å². The van der Waals surface area contributed by atoms with Gasteiger partial charge in [-0.15, -0.1) is 0 Å². The van der Waals surface area contributed by atoms with Crippen LogP contribution >= 0.6 is 0 Å². The van der Waals surface area contributed by atoms with E-state index >= 15 is 0 Å². The molecule has 2 N–H and O–H groups in total. The summed E-state index contributed by atoms with van der Waals surface area (Å²) in [4.78, 5) is 27.2. The van der Waals surface area contributed by atoms with Crippen molar-refractivity contribution >= 4 is 17.7 Å². The summed E-state index contributed by atoms with van der Waals surface area (Å²) in [5, 5.41) is 11.7. The number of aromatic carboxylic acids is 1. The maximum atomic E-state index is 13.0. The van der Waals surface area contributed by atoms with Gasteiger partial charge >= 0.3 is 5.97 Å². The van der Waals surface area contributed by atoms with E-state index in [9.17, 15) is 19.1 Å². The molecule has 0 saturated heterocycles. The van der Waals surface area contributed by atoms with Crippen LogP contribution < -0.4 is 5.32 Å². The molecule has 0 fully saturated rings. The second-order valence-corrected chi connectivity index (χ2v) is 4.55. The second-order valence-electron chi connectivity index (χ2n) is 4.55. The Balaban J connectivity index is 2.44. The Morgan fingerprint density at radius 3 is 2.29 bits per heavy atom. The molecule has 21 heavy (non-hydrogen) atoms. The van der Waals surface area contributed by atoms with Gasteiger partial charge in [-0.25, -0.2) is 9.78 Å². The first-order valence-corrected chi connectivity index (χ1v) is 6.17. The zero-order valence-electron chi connectivity index (χ0n) is 11.5. The van der Waals surface area contributed by atoms with Crippen LogP contribution in [0.5, 0.6) is 0 Å². The number of aryl methyl sites for hydroxylation is 2. The van der Waals surface area contributed by atoms with Gasteiger partial charge in [0.25, 0.3) is 5.91 Å². The number of aromatic nitrogens is 1. The Bertz CT molecular complexity index is 729. The highest BCUT2D eigenvalue weighted by molar-refractivity contribution is 6.11. The third kappa shape index (κ3) is 3.05. The largest absolute Gasteiger partial charge is 0.478 e. The summed E-state index contributed by atoms with van der Waals surface area (Å²) >= 11 is 0. The van der Waals surface area contributed by atoms with Crippen molar-refractivity contribution in [3.05, 3.63) is 58.5 Å². The van der Waals surface area contributed by atoms with Crippen LogP contribution in [-0.4, -0.2) is 22.0 Å². The van der Waals surface area contributed by atoms with Gasteiger partial charge in [-0.3, -0.25) is 4.79 Å². The van der Waals surface area contributed by atoms with Crippen molar-refractivity contribution in [3.8, 4) is 0 Å². The van der Waals surface area contributed by atoms with Crippen LogP contribution in [0, 0.1) is 19.8 Å². The SMILES string of the molecule is Cc1ccc(C)c(C(=O)Nc2cccc(F)n2)c1C(=O)O. The number of nitrogens with one attached hydrogen (secondary N) is 1. The van der Waals surface area contributed by atoms with Crippen molar-refractivity contribution in [3.63, 3.8) is 0 Å². The first kappa shape index (κ1) is 14.6. The van der Waals surface area contributed by atoms with E-state index in [0.29, 0.717) is 11.1 Å². The third-order valence-electron chi connectivity index (χ3n) is 3.02. The number of hydrogen-bond donors (Lipinski definition) is 2. The number of carboxylic acid groups (broad SMARTS) is 1. The molecule has 1 aromatic heterocycles. The molecule has 0 bridgehead atoms. The number of pyridine rings is 1. The van der Waals surface area contributed by atoms with E-state index in [2.05, 4.69) is 10.3 Å². The maximum Gasteiger partial charge on any atom is 0.336 e. The number of carbonyl (C=O) groups excluding carboxylic acids is 1. The monoisotopic (exact) mass is 288 g/mol. The van der Waals surface area contributed by atoms with Crippen LogP contribution in [0.3, 0.4) is 0 Å². The van der Waals surface area contributed by atoms with E-state index in [1.807, 2.05) is 0 Å². The summed E-state index contributed by atoms with van der Waals surface area (Å²) < 4.78 is 13.0. The minimum Gasteiger partial charge on any atom is -0.478 e. The van der Waals surface area contributed by atoms with Gasteiger partial charge in [-0.05, 0) is 37.1 Å². The van der Waals surface area contributed by atoms with Gasteiger partial charge in [0.2, 0.25) is 5.95 Å². The molecule has 108 valence electrons. The first-order valence-electron chi connectivity index (χ1n) is 6.17. The minimum atomic E-state index is -1.19. The Labute approximate surface area is 120 Å². The smallest absolute Gasteiger partial charge is 0.336 e. The number of anilines is 1. The molecule has 1 aromatic carbocycles. The van der Waals surface area contributed by atoms with Gasteiger partial charge < -0.3 is 10.4 Å². The maximum absolute atomic E-state index is 13.0. The van der Waals surface area contributed by atoms with Gasteiger partial charge in [-0.2, -0.15) is 4.39 Å². The number of carboxylic acids is 1. The summed E-state index contributed by atoms with van der Waals surface area (Å²) in [6.07, 6.45) is 0. The summed E-state index contributed by atoms with van der Waals surface area (Å²) in [5.74, 6) is -2.52. The predicted octanol–water partition coefficient (Wildman–Crippen LogP) is 2.79. The van der Waals surface area contributed by atoms with Gasteiger partial charge in [0.15, 0.2) is 0 Å². The first-order chi connectivity index (χ1) is 9.90. The number of hydrogen-bond acceptors (Lipinski definition) is 3. The number of benzene rings is 1. The van der Waals surface area contributed by atoms with Crippen molar-refractivity contribution in [2.75, 3.05) is 5.32 Å². The zero-order valence-corrected chi connectivity index (χ0v) is 11.5. The normalized spacial score (nSPS) is 10.2. The highest BCUT2D eigenvalue weighted by atomic mass is 19.1. The average Bonchev–Trinajstić information content (AvgIpc) is 2.40. The van der Waals surface area contributed by atoms with Crippen molar-refractivity contribution in [1.29, 1.82) is 0 Å². The molecule has 0 aliphatic carbocycles. The molecular formula is C15H13FN2O3. The minimum absolute atomic E-state index is 0.0252. The molecule has 0 atom stereocenters. The predicted molar refractivity (Wildman–Crippen MR) is 75.0 cm³/mol. The number of halogens is 1. The fraction of sp³-hybridized carbons (Fsp3) is 0.133. The Hall–Kier alpha value is -2.76. The number of nitrogens with zero attached hydrogens (tertiary/aromatic N) is 1. The van der Waals surface area contributed by atoms with Gasteiger partial charge in [0.1, 0.15) is 5.82 Å². The van der Waals surface area contributed by atoms with Gasteiger partial charge in [0.05, 0.1) is 11.1 Å². The van der Waals surface area contributed by atoms with Crippen LogP contribution in [0.4, 0.5) is 10.2 Å². The van der Waals surface area contributed by atoms with Gasteiger partial charge in [-0.1, -0.05) is 18.2 Å². The highest BCUT2D eigenvalue weighted by Gasteiger charge is 2.21. The molecule has 2 rings (SSSR count). The van der Waals surface area contributed by atoms with E-state index in [1.54, 1.807) is 26.0 Å². The van der Waals surface area contributed by atoms with E-state index in [1.165, 1.54) is 12.1 Å². The second kappa shape index (κ2) is 5.70. The molecule has 0 unspecified atom stereocenters. The fourth-order valence-corrected chi connectivity index (χ4v) is 2.04. The standard InChI is InChI=1S/C15H13FN2O3/c1-8-6-7-9(2)13(15(20)21)12(8)14(19)18-11-5-3-4-10(16)17-11/h3-7H,1-2H3,(H,20,21)(H,17,18,19). The lowest BCUT2D eigenvalue weighted by molar-refractivity contribution is 0.0691. The molecule has 0 saturated carbocycles. The molecule has 0 radical (unpaired) electrons. The average molecular weight is 288 g/mol. The lowest BCUT2D eigenvalue weighted by Gasteiger charge is -2.12. The Kier molecular flexibility index (Phi) is 3.98. The summed E-state index contributed by atoms with van der Waals surface area (Å²) in [5.41, 5.74) is 0.981. The van der Waals surface area contributed by atoms with Crippen LogP contribution in [0.2, 0.25) is 0 Å². The van der Waals surface area contributed by atoms with Crippen molar-refractivity contribution in [1.82, 2.24) is 4.98 Å². The van der Waals surface area contributed by atoms with Crippen LogP contribution in [0.15, 0.2) is 30.3 Å². The number of amides is 1. The summed E-state index contributed by atoms with van der Waals surface area (Å²) in [6.45, 7) is 3.25. The molecular weight excluding hydrogens is 275 g/mol. The quantitative estimate of drug-likeness (QED) is 0.851. The summed E-state index contributed by atoms with van der Waals surface area (Å²) in [6, 6.07) is 7.27.